The molecule has 1 atom stereocenters. The Morgan fingerprint density at radius 1 is 1.23 bits per heavy atom. The fraction of sp³-hybridized carbons (Fsp3) is 0.417. The van der Waals surface area contributed by atoms with E-state index in [9.17, 15) is 9.59 Å². The minimum atomic E-state index is -0.144. The molecule has 2 heterocycles. The van der Waals surface area contributed by atoms with Gasteiger partial charge in [-0.05, 0) is 42.5 Å². The topological polar surface area (TPSA) is 74.6 Å². The number of ketones is 1. The van der Waals surface area contributed by atoms with Crippen LogP contribution in [0, 0.1) is 5.41 Å². The summed E-state index contributed by atoms with van der Waals surface area (Å²) in [4.78, 5) is 28.1. The van der Waals surface area contributed by atoms with Gasteiger partial charge in [0.15, 0.2) is 5.78 Å². The summed E-state index contributed by atoms with van der Waals surface area (Å²) in [6, 6.07) is 11.5. The largest absolute Gasteiger partial charge is 0.467 e. The molecule has 2 aromatic rings. The molecule has 1 aromatic heterocycles. The van der Waals surface area contributed by atoms with E-state index >= 15 is 0 Å². The summed E-state index contributed by atoms with van der Waals surface area (Å²) in [5, 5.41) is 6.47. The van der Waals surface area contributed by atoms with Crippen molar-refractivity contribution in [1.29, 1.82) is 0 Å². The monoisotopic (exact) mass is 407 g/mol. The number of nitrogens with zero attached hydrogens (tertiary/aromatic N) is 1. The summed E-state index contributed by atoms with van der Waals surface area (Å²) in [6.45, 7) is 6.86. The van der Waals surface area contributed by atoms with Gasteiger partial charge >= 0.3 is 0 Å². The van der Waals surface area contributed by atoms with Crippen LogP contribution < -0.4 is 15.5 Å². The molecule has 2 N–H and O–H groups in total. The first-order valence-corrected chi connectivity index (χ1v) is 10.6. The summed E-state index contributed by atoms with van der Waals surface area (Å²) in [5.74, 6) is 0.782. The third kappa shape index (κ3) is 3.99. The van der Waals surface area contributed by atoms with Crippen LogP contribution in [0.15, 0.2) is 58.3 Å². The van der Waals surface area contributed by atoms with Crippen molar-refractivity contribution in [3.63, 3.8) is 0 Å². The number of furan rings is 1. The van der Waals surface area contributed by atoms with Crippen molar-refractivity contribution in [1.82, 2.24) is 5.32 Å². The molecule has 6 heteroatoms. The highest BCUT2D eigenvalue weighted by Gasteiger charge is 2.40. The van der Waals surface area contributed by atoms with E-state index in [4.69, 9.17) is 4.42 Å². The van der Waals surface area contributed by atoms with E-state index in [-0.39, 0.29) is 29.7 Å². The molecule has 1 unspecified atom stereocenters. The number of hydrogen-bond acceptors (Lipinski definition) is 5. The van der Waals surface area contributed by atoms with Gasteiger partial charge in [0.1, 0.15) is 5.76 Å². The summed E-state index contributed by atoms with van der Waals surface area (Å²) in [5.41, 5.74) is 3.62. The SMILES string of the molecule is CCC1C2=C(CC(C)(C)CC2=O)Nc2ccccc2N1CC(=O)NCc1ccco1. The normalized spacial score (nSPS) is 20.2. The van der Waals surface area contributed by atoms with Crippen LogP contribution >= 0.6 is 0 Å². The minimum Gasteiger partial charge on any atom is -0.467 e. The van der Waals surface area contributed by atoms with Crippen LogP contribution in [-0.4, -0.2) is 24.3 Å². The lowest BCUT2D eigenvalue weighted by Gasteiger charge is -2.37. The van der Waals surface area contributed by atoms with Gasteiger partial charge in [-0.1, -0.05) is 32.9 Å². The number of rotatable bonds is 5. The number of carbonyl (C=O) groups excluding carboxylic acids is 2. The first-order chi connectivity index (χ1) is 14.4. The van der Waals surface area contributed by atoms with Crippen molar-refractivity contribution < 1.29 is 14.0 Å². The van der Waals surface area contributed by atoms with E-state index in [0.717, 1.165) is 35.5 Å². The zero-order valence-electron chi connectivity index (χ0n) is 17.8. The van der Waals surface area contributed by atoms with E-state index in [0.29, 0.717) is 18.7 Å². The maximum Gasteiger partial charge on any atom is 0.239 e. The van der Waals surface area contributed by atoms with Gasteiger partial charge in [-0.2, -0.15) is 0 Å². The van der Waals surface area contributed by atoms with E-state index < -0.39 is 0 Å². The third-order valence-electron chi connectivity index (χ3n) is 5.87. The van der Waals surface area contributed by atoms with Crippen molar-refractivity contribution in [2.24, 2.45) is 5.41 Å². The van der Waals surface area contributed by atoms with Crippen LogP contribution in [0.3, 0.4) is 0 Å². The molecular formula is C24H29N3O3. The Labute approximate surface area is 177 Å². The number of allylic oxidation sites excluding steroid dienone is 1. The zero-order chi connectivity index (χ0) is 21.3. The zero-order valence-corrected chi connectivity index (χ0v) is 17.8. The lowest BCUT2D eigenvalue weighted by molar-refractivity contribution is -0.121. The predicted molar refractivity (Wildman–Crippen MR) is 117 cm³/mol. The van der Waals surface area contributed by atoms with E-state index in [1.165, 1.54) is 0 Å². The Kier molecular flexibility index (Phi) is 5.41. The maximum atomic E-state index is 13.2. The molecule has 0 saturated heterocycles. The lowest BCUT2D eigenvalue weighted by Crippen LogP contribution is -2.46. The van der Waals surface area contributed by atoms with Gasteiger partial charge in [-0.25, -0.2) is 0 Å². The van der Waals surface area contributed by atoms with Gasteiger partial charge in [0.05, 0.1) is 36.8 Å². The second-order valence-corrected chi connectivity index (χ2v) is 8.88. The van der Waals surface area contributed by atoms with Crippen LogP contribution in [-0.2, 0) is 16.1 Å². The highest BCUT2D eigenvalue weighted by molar-refractivity contribution is 6.01. The molecule has 0 spiro atoms. The summed E-state index contributed by atoms with van der Waals surface area (Å²) < 4.78 is 5.31. The number of carbonyl (C=O) groups is 2. The molecule has 0 bridgehead atoms. The number of para-hydroxylation sites is 2. The van der Waals surface area contributed by atoms with Crippen LogP contribution in [0.2, 0.25) is 0 Å². The first kappa shape index (κ1) is 20.3. The summed E-state index contributed by atoms with van der Waals surface area (Å²) >= 11 is 0. The average Bonchev–Trinajstić information content (AvgIpc) is 3.17. The highest BCUT2D eigenvalue weighted by atomic mass is 16.3. The van der Waals surface area contributed by atoms with Gasteiger partial charge in [0, 0.05) is 17.7 Å². The van der Waals surface area contributed by atoms with Gasteiger partial charge < -0.3 is 20.0 Å². The molecule has 2 aliphatic rings. The number of Topliss-reactive ketones (excluding diaryl/α,β-unsaturated/α-hetero) is 1. The third-order valence-corrected chi connectivity index (χ3v) is 5.87. The van der Waals surface area contributed by atoms with E-state index in [2.05, 4.69) is 36.3 Å². The maximum absolute atomic E-state index is 13.2. The molecule has 1 amide bonds. The molecule has 6 nitrogen and oxygen atoms in total. The van der Waals surface area contributed by atoms with Crippen LogP contribution in [0.1, 0.15) is 45.8 Å². The van der Waals surface area contributed by atoms with Crippen molar-refractivity contribution in [2.75, 3.05) is 16.8 Å². The van der Waals surface area contributed by atoms with Crippen LogP contribution in [0.25, 0.3) is 0 Å². The molecule has 158 valence electrons. The Bertz CT molecular complexity index is 975. The molecule has 0 radical (unpaired) electrons. The average molecular weight is 408 g/mol. The number of fused-ring (bicyclic) bond motifs is 1. The quantitative estimate of drug-likeness (QED) is 0.775. The van der Waals surface area contributed by atoms with Gasteiger partial charge in [0.2, 0.25) is 5.91 Å². The first-order valence-electron chi connectivity index (χ1n) is 10.6. The second-order valence-electron chi connectivity index (χ2n) is 8.88. The van der Waals surface area contributed by atoms with Crippen LogP contribution in [0.5, 0.6) is 0 Å². The van der Waals surface area contributed by atoms with Gasteiger partial charge in [0.25, 0.3) is 0 Å². The number of nitrogens with one attached hydrogen (secondary N) is 2. The number of hydrogen-bond donors (Lipinski definition) is 2. The minimum absolute atomic E-state index is 0.0776. The lowest BCUT2D eigenvalue weighted by atomic mass is 9.74. The van der Waals surface area contributed by atoms with Crippen molar-refractivity contribution in [3.05, 3.63) is 59.7 Å². The van der Waals surface area contributed by atoms with Crippen molar-refractivity contribution in [2.45, 2.75) is 52.6 Å². The molecular weight excluding hydrogens is 378 g/mol. The van der Waals surface area contributed by atoms with E-state index in [1.54, 1.807) is 12.3 Å². The Morgan fingerprint density at radius 3 is 2.77 bits per heavy atom. The molecule has 4 rings (SSSR count). The number of benzene rings is 1. The Balaban J connectivity index is 1.66. The fourth-order valence-electron chi connectivity index (χ4n) is 4.58. The molecule has 0 saturated carbocycles. The Morgan fingerprint density at radius 2 is 2.03 bits per heavy atom. The predicted octanol–water partition coefficient (Wildman–Crippen LogP) is 4.25. The summed E-state index contributed by atoms with van der Waals surface area (Å²) in [7, 11) is 0. The smallest absolute Gasteiger partial charge is 0.239 e. The molecule has 1 aliphatic carbocycles. The molecule has 30 heavy (non-hydrogen) atoms. The molecule has 1 aliphatic heterocycles. The molecule has 1 aromatic carbocycles. The summed E-state index contributed by atoms with van der Waals surface area (Å²) in [6.07, 6.45) is 3.68. The van der Waals surface area contributed by atoms with Crippen molar-refractivity contribution >= 4 is 23.1 Å². The Hall–Kier alpha value is -3.02. The van der Waals surface area contributed by atoms with Gasteiger partial charge in [-0.3, -0.25) is 9.59 Å². The van der Waals surface area contributed by atoms with E-state index in [1.807, 2.05) is 30.3 Å². The van der Waals surface area contributed by atoms with Gasteiger partial charge in [-0.15, -0.1) is 0 Å². The second kappa shape index (κ2) is 8.01. The fourth-order valence-corrected chi connectivity index (χ4v) is 4.58. The molecule has 0 fully saturated rings. The number of amides is 1. The van der Waals surface area contributed by atoms with Crippen molar-refractivity contribution in [3.8, 4) is 0 Å². The standard InChI is InChI=1S/C24H29N3O3/c1-4-19-23-18(12-24(2,3)13-21(23)28)26-17-9-5-6-10-20(17)27(19)15-22(29)25-14-16-8-7-11-30-16/h5-11,19,26H,4,12-15H2,1-3H3,(H,25,29). The highest BCUT2D eigenvalue weighted by Crippen LogP contribution is 2.44. The number of anilines is 2. The van der Waals surface area contributed by atoms with Crippen LogP contribution in [0.4, 0.5) is 11.4 Å².